The molecule has 0 bridgehead atoms. The third-order valence-corrected chi connectivity index (χ3v) is 2.98. The Morgan fingerprint density at radius 1 is 1.50 bits per heavy atom. The maximum Gasteiger partial charge on any atom is 0.303 e. The number of aliphatic carboxylic acids is 1. The molecule has 0 aromatic rings. The Morgan fingerprint density at radius 3 is 2.75 bits per heavy atom. The number of aliphatic hydroxyl groups is 1. The number of carboxylic acids is 1. The van der Waals surface area contributed by atoms with Gasteiger partial charge in [-0.2, -0.15) is 0 Å². The van der Waals surface area contributed by atoms with E-state index < -0.39 is 12.1 Å². The van der Waals surface area contributed by atoms with E-state index in [9.17, 15) is 14.7 Å². The average Bonchev–Trinajstić information content (AvgIpc) is 2.49. The molecule has 16 heavy (non-hydrogen) atoms. The monoisotopic (exact) mass is 229 g/mol. The van der Waals surface area contributed by atoms with E-state index in [1.54, 1.807) is 0 Å². The van der Waals surface area contributed by atoms with E-state index >= 15 is 0 Å². The average molecular weight is 229 g/mol. The van der Waals surface area contributed by atoms with Crippen LogP contribution < -0.4 is 0 Å². The molecule has 2 atom stereocenters. The van der Waals surface area contributed by atoms with Crippen LogP contribution in [0.5, 0.6) is 0 Å². The Balaban J connectivity index is 2.31. The summed E-state index contributed by atoms with van der Waals surface area (Å²) in [7, 11) is 0. The van der Waals surface area contributed by atoms with E-state index in [0.717, 1.165) is 6.42 Å². The SMILES string of the molecule is CC[C@@H]1C(=O)[C@H](O)CN1CCCCC(=O)O. The van der Waals surface area contributed by atoms with Gasteiger partial charge in [0.2, 0.25) is 0 Å². The smallest absolute Gasteiger partial charge is 0.303 e. The van der Waals surface area contributed by atoms with E-state index in [0.29, 0.717) is 25.9 Å². The van der Waals surface area contributed by atoms with Crippen molar-refractivity contribution in [2.24, 2.45) is 0 Å². The van der Waals surface area contributed by atoms with Gasteiger partial charge >= 0.3 is 5.97 Å². The lowest BCUT2D eigenvalue weighted by molar-refractivity contribution is -0.137. The number of carbonyl (C=O) groups excluding carboxylic acids is 1. The maximum absolute atomic E-state index is 11.5. The van der Waals surface area contributed by atoms with Crippen LogP contribution in [0.3, 0.4) is 0 Å². The molecule has 0 radical (unpaired) electrons. The standard InChI is InChI=1S/C11H19NO4/c1-2-8-11(16)9(13)7-12(8)6-4-3-5-10(14)15/h8-9,13H,2-7H2,1H3,(H,14,15)/t8-,9-/m1/s1. The van der Waals surface area contributed by atoms with Gasteiger partial charge in [0.1, 0.15) is 6.10 Å². The fourth-order valence-corrected chi connectivity index (χ4v) is 2.14. The zero-order valence-corrected chi connectivity index (χ0v) is 9.56. The van der Waals surface area contributed by atoms with Gasteiger partial charge in [-0.05, 0) is 25.8 Å². The number of Topliss-reactive ketones (excluding diaryl/α,β-unsaturated/α-hetero) is 1. The van der Waals surface area contributed by atoms with Crippen molar-refractivity contribution in [3.8, 4) is 0 Å². The van der Waals surface area contributed by atoms with Gasteiger partial charge in [-0.15, -0.1) is 0 Å². The second kappa shape index (κ2) is 5.96. The van der Waals surface area contributed by atoms with Crippen LogP contribution in [0.1, 0.15) is 32.6 Å². The third-order valence-electron chi connectivity index (χ3n) is 2.98. The van der Waals surface area contributed by atoms with E-state index in [4.69, 9.17) is 5.11 Å². The summed E-state index contributed by atoms with van der Waals surface area (Å²) < 4.78 is 0. The highest BCUT2D eigenvalue weighted by Crippen LogP contribution is 2.17. The summed E-state index contributed by atoms with van der Waals surface area (Å²) in [6.07, 6.45) is 1.38. The predicted molar refractivity (Wildman–Crippen MR) is 58.2 cm³/mol. The lowest BCUT2D eigenvalue weighted by Gasteiger charge is -2.21. The number of likely N-dealkylation sites (tertiary alicyclic amines) is 1. The number of β-amino-alcohol motifs (C(OH)–C–C–N with tert-alkyl or cyclic N) is 1. The van der Waals surface area contributed by atoms with Crippen LogP contribution in [-0.4, -0.2) is 52.1 Å². The predicted octanol–water partition coefficient (Wildman–Crippen LogP) is 0.265. The number of hydrogen-bond acceptors (Lipinski definition) is 4. The van der Waals surface area contributed by atoms with Crippen LogP contribution in [0.4, 0.5) is 0 Å². The first-order valence-electron chi connectivity index (χ1n) is 5.74. The molecule has 2 N–H and O–H groups in total. The van der Waals surface area contributed by atoms with Gasteiger partial charge in [-0.25, -0.2) is 0 Å². The molecular formula is C11H19NO4. The number of hydrogen-bond donors (Lipinski definition) is 2. The van der Waals surface area contributed by atoms with Crippen molar-refractivity contribution in [2.75, 3.05) is 13.1 Å². The van der Waals surface area contributed by atoms with Gasteiger partial charge in [0, 0.05) is 13.0 Å². The second-order valence-electron chi connectivity index (χ2n) is 4.19. The first kappa shape index (κ1) is 13.1. The van der Waals surface area contributed by atoms with E-state index in [1.807, 2.05) is 11.8 Å². The molecule has 0 spiro atoms. The van der Waals surface area contributed by atoms with Crippen LogP contribution in [-0.2, 0) is 9.59 Å². The summed E-state index contributed by atoms with van der Waals surface area (Å²) in [5, 5.41) is 17.9. The van der Waals surface area contributed by atoms with Gasteiger partial charge in [-0.3, -0.25) is 14.5 Å². The van der Waals surface area contributed by atoms with Gasteiger partial charge in [0.25, 0.3) is 0 Å². The largest absolute Gasteiger partial charge is 0.481 e. The maximum atomic E-state index is 11.5. The summed E-state index contributed by atoms with van der Waals surface area (Å²) in [4.78, 5) is 23.8. The van der Waals surface area contributed by atoms with Crippen LogP contribution in [0.2, 0.25) is 0 Å². The Bertz CT molecular complexity index is 267. The minimum Gasteiger partial charge on any atom is -0.481 e. The summed E-state index contributed by atoms with van der Waals surface area (Å²) in [6, 6.07) is -0.181. The molecule has 5 nitrogen and oxygen atoms in total. The highest BCUT2D eigenvalue weighted by molar-refractivity contribution is 5.90. The normalized spacial score (nSPS) is 26.2. The summed E-state index contributed by atoms with van der Waals surface area (Å²) in [6.45, 7) is 3.00. The number of nitrogens with zero attached hydrogens (tertiary/aromatic N) is 1. The van der Waals surface area contributed by atoms with Crippen LogP contribution in [0, 0.1) is 0 Å². The summed E-state index contributed by atoms with van der Waals surface area (Å²) in [5.41, 5.74) is 0. The molecule has 0 aromatic carbocycles. The number of carbonyl (C=O) groups is 2. The highest BCUT2D eigenvalue weighted by Gasteiger charge is 2.37. The molecule has 0 unspecified atom stereocenters. The molecule has 0 aliphatic carbocycles. The van der Waals surface area contributed by atoms with Crippen molar-refractivity contribution in [2.45, 2.75) is 44.8 Å². The van der Waals surface area contributed by atoms with Crippen LogP contribution in [0.25, 0.3) is 0 Å². The molecule has 1 fully saturated rings. The molecule has 1 aliphatic rings. The number of carboxylic acid groups (broad SMARTS) is 1. The quantitative estimate of drug-likeness (QED) is 0.639. The highest BCUT2D eigenvalue weighted by atomic mass is 16.4. The lowest BCUT2D eigenvalue weighted by atomic mass is 10.1. The molecule has 1 rings (SSSR count). The Hall–Kier alpha value is -0.940. The topological polar surface area (TPSA) is 77.8 Å². The molecule has 0 saturated carbocycles. The molecule has 1 heterocycles. The van der Waals surface area contributed by atoms with Gasteiger partial charge in [-0.1, -0.05) is 6.92 Å². The van der Waals surface area contributed by atoms with Crippen molar-refractivity contribution < 1.29 is 19.8 Å². The summed E-state index contributed by atoms with van der Waals surface area (Å²) in [5.74, 6) is -0.884. The number of unbranched alkanes of at least 4 members (excludes halogenated alkanes) is 1. The Kier molecular flexibility index (Phi) is 4.89. The molecular weight excluding hydrogens is 210 g/mol. The van der Waals surface area contributed by atoms with E-state index in [-0.39, 0.29) is 18.2 Å². The molecule has 0 aromatic heterocycles. The molecule has 0 amide bonds. The summed E-state index contributed by atoms with van der Waals surface area (Å²) >= 11 is 0. The minimum atomic E-state index is -0.857. The second-order valence-corrected chi connectivity index (χ2v) is 4.19. The number of ketones is 1. The molecule has 1 saturated heterocycles. The van der Waals surface area contributed by atoms with Gasteiger partial charge < -0.3 is 10.2 Å². The number of rotatable bonds is 6. The minimum absolute atomic E-state index is 0.0965. The van der Waals surface area contributed by atoms with Crippen molar-refractivity contribution >= 4 is 11.8 Å². The van der Waals surface area contributed by atoms with Crippen molar-refractivity contribution in [1.29, 1.82) is 0 Å². The van der Waals surface area contributed by atoms with Crippen LogP contribution >= 0.6 is 0 Å². The molecule has 92 valence electrons. The fraction of sp³-hybridized carbons (Fsp3) is 0.818. The van der Waals surface area contributed by atoms with E-state index in [2.05, 4.69) is 0 Å². The zero-order valence-electron chi connectivity index (χ0n) is 9.56. The van der Waals surface area contributed by atoms with Gasteiger partial charge in [0.15, 0.2) is 5.78 Å². The van der Waals surface area contributed by atoms with Crippen molar-refractivity contribution in [1.82, 2.24) is 4.90 Å². The molecule has 1 aliphatic heterocycles. The first-order valence-corrected chi connectivity index (χ1v) is 5.74. The Labute approximate surface area is 95.1 Å². The van der Waals surface area contributed by atoms with Crippen LogP contribution in [0.15, 0.2) is 0 Å². The fourth-order valence-electron chi connectivity index (χ4n) is 2.14. The number of aliphatic hydroxyl groups excluding tert-OH is 1. The third kappa shape index (κ3) is 3.28. The first-order chi connectivity index (χ1) is 7.56. The molecule has 5 heteroatoms. The van der Waals surface area contributed by atoms with E-state index in [1.165, 1.54) is 0 Å². The van der Waals surface area contributed by atoms with Gasteiger partial charge in [0.05, 0.1) is 6.04 Å². The zero-order chi connectivity index (χ0) is 12.1. The van der Waals surface area contributed by atoms with Crippen molar-refractivity contribution in [3.05, 3.63) is 0 Å². The lowest BCUT2D eigenvalue weighted by Crippen LogP contribution is -2.33. The Morgan fingerprint density at radius 2 is 2.19 bits per heavy atom. The van der Waals surface area contributed by atoms with Crippen molar-refractivity contribution in [3.63, 3.8) is 0 Å².